The number of nitrogens with one attached hydrogen (secondary N) is 1. The molecule has 3 aromatic rings. The number of sulfonamides is 1. The van der Waals surface area contributed by atoms with Crippen molar-refractivity contribution in [3.63, 3.8) is 0 Å². The summed E-state index contributed by atoms with van der Waals surface area (Å²) < 4.78 is 32.2. The zero-order valence-corrected chi connectivity index (χ0v) is 26.7. The standard InChI is InChI=1S/C32H37Cl2N3O5S/c1-42-30-18-17-27(20-28(30)34)37(43(2,40)41)22-31(38)36(21-24-13-15-25(33)16-14-24)29(19-23-9-5-3-6-10-23)32(39)35-26-11-7-4-8-12-26/h3,5-6,9-10,13-18,20,26,29H,4,7-8,11-12,19,21-22H2,1-2H3,(H,35,39)/t29-/m0/s1. The number of benzene rings is 3. The number of hydrogen-bond acceptors (Lipinski definition) is 5. The summed E-state index contributed by atoms with van der Waals surface area (Å²) in [5, 5.41) is 3.93. The first kappa shape index (κ1) is 32.6. The smallest absolute Gasteiger partial charge is 0.244 e. The number of anilines is 1. The highest BCUT2D eigenvalue weighted by atomic mass is 35.5. The fourth-order valence-electron chi connectivity index (χ4n) is 5.31. The van der Waals surface area contributed by atoms with Gasteiger partial charge in [-0.3, -0.25) is 13.9 Å². The first-order chi connectivity index (χ1) is 20.5. The third-order valence-corrected chi connectivity index (χ3v) is 9.28. The molecule has 230 valence electrons. The monoisotopic (exact) mass is 645 g/mol. The van der Waals surface area contributed by atoms with E-state index in [1.165, 1.54) is 24.1 Å². The van der Waals surface area contributed by atoms with E-state index < -0.39 is 28.5 Å². The maximum absolute atomic E-state index is 14.2. The van der Waals surface area contributed by atoms with Crippen LogP contribution in [0.1, 0.15) is 43.2 Å². The number of carbonyl (C=O) groups is 2. The van der Waals surface area contributed by atoms with Gasteiger partial charge in [0.2, 0.25) is 21.8 Å². The lowest BCUT2D eigenvalue weighted by Crippen LogP contribution is -2.55. The Hall–Kier alpha value is -3.27. The van der Waals surface area contributed by atoms with E-state index in [1.54, 1.807) is 30.3 Å². The number of carbonyl (C=O) groups excluding carboxylic acids is 2. The van der Waals surface area contributed by atoms with Crippen LogP contribution in [-0.4, -0.2) is 57.1 Å². The zero-order chi connectivity index (χ0) is 31.0. The molecule has 0 aromatic heterocycles. The summed E-state index contributed by atoms with van der Waals surface area (Å²) in [4.78, 5) is 29.7. The largest absolute Gasteiger partial charge is 0.495 e. The van der Waals surface area contributed by atoms with Crippen LogP contribution in [0.5, 0.6) is 5.75 Å². The molecule has 1 N–H and O–H groups in total. The van der Waals surface area contributed by atoms with E-state index in [0.29, 0.717) is 10.8 Å². The molecule has 0 aliphatic heterocycles. The number of hydrogen-bond donors (Lipinski definition) is 1. The van der Waals surface area contributed by atoms with Gasteiger partial charge < -0.3 is 15.0 Å². The number of nitrogens with zero attached hydrogens (tertiary/aromatic N) is 2. The average molecular weight is 647 g/mol. The molecular weight excluding hydrogens is 609 g/mol. The molecule has 3 aromatic carbocycles. The Bertz CT molecular complexity index is 1500. The molecule has 0 heterocycles. The lowest BCUT2D eigenvalue weighted by molar-refractivity contribution is -0.140. The summed E-state index contributed by atoms with van der Waals surface area (Å²) in [6, 6.07) is 20.1. The van der Waals surface area contributed by atoms with Crippen LogP contribution in [0.3, 0.4) is 0 Å². The van der Waals surface area contributed by atoms with Gasteiger partial charge >= 0.3 is 0 Å². The van der Waals surface area contributed by atoms with E-state index in [-0.39, 0.29) is 35.6 Å². The summed E-state index contributed by atoms with van der Waals surface area (Å²) in [6.07, 6.45) is 6.26. The van der Waals surface area contributed by atoms with Gasteiger partial charge in [-0.15, -0.1) is 0 Å². The normalized spacial score (nSPS) is 14.5. The van der Waals surface area contributed by atoms with Gasteiger partial charge in [-0.1, -0.05) is 84.9 Å². The van der Waals surface area contributed by atoms with Crippen LogP contribution in [0.25, 0.3) is 0 Å². The number of halogens is 2. The van der Waals surface area contributed by atoms with Gasteiger partial charge in [0.15, 0.2) is 0 Å². The molecule has 1 fully saturated rings. The molecule has 0 saturated heterocycles. The molecule has 1 atom stereocenters. The van der Waals surface area contributed by atoms with Gasteiger partial charge in [0.1, 0.15) is 18.3 Å². The van der Waals surface area contributed by atoms with Crippen molar-refractivity contribution >= 4 is 50.7 Å². The molecule has 11 heteroatoms. The van der Waals surface area contributed by atoms with Crippen molar-refractivity contribution in [1.29, 1.82) is 0 Å². The van der Waals surface area contributed by atoms with Crippen LogP contribution < -0.4 is 14.4 Å². The van der Waals surface area contributed by atoms with Gasteiger partial charge in [-0.2, -0.15) is 0 Å². The van der Waals surface area contributed by atoms with E-state index in [4.69, 9.17) is 27.9 Å². The van der Waals surface area contributed by atoms with Crippen molar-refractivity contribution in [3.05, 3.63) is 94.0 Å². The van der Waals surface area contributed by atoms with Crippen LogP contribution in [0, 0.1) is 0 Å². The van der Waals surface area contributed by atoms with E-state index >= 15 is 0 Å². The molecule has 0 unspecified atom stereocenters. The number of rotatable bonds is 12. The first-order valence-electron chi connectivity index (χ1n) is 14.2. The third-order valence-electron chi connectivity index (χ3n) is 7.59. The van der Waals surface area contributed by atoms with Crippen molar-refractivity contribution < 1.29 is 22.7 Å². The van der Waals surface area contributed by atoms with E-state index in [0.717, 1.165) is 53.8 Å². The molecule has 1 aliphatic rings. The molecule has 0 radical (unpaired) electrons. The SMILES string of the molecule is COc1ccc(N(CC(=O)N(Cc2ccc(Cl)cc2)[C@@H](Cc2ccccc2)C(=O)NC2CCCCC2)S(C)(=O)=O)cc1Cl. The van der Waals surface area contributed by atoms with Crippen LogP contribution in [0.4, 0.5) is 5.69 Å². The van der Waals surface area contributed by atoms with E-state index in [1.807, 2.05) is 30.3 Å². The minimum absolute atomic E-state index is 0.0287. The van der Waals surface area contributed by atoms with Crippen molar-refractivity contribution in [1.82, 2.24) is 10.2 Å². The fraction of sp³-hybridized carbons (Fsp3) is 0.375. The Morgan fingerprint density at radius 1 is 0.953 bits per heavy atom. The van der Waals surface area contributed by atoms with Crippen LogP contribution in [0.2, 0.25) is 10.0 Å². The van der Waals surface area contributed by atoms with E-state index in [2.05, 4.69) is 5.32 Å². The average Bonchev–Trinajstić information content (AvgIpc) is 2.99. The second kappa shape index (κ2) is 14.9. The summed E-state index contributed by atoms with van der Waals surface area (Å²) in [6.45, 7) is -0.455. The Morgan fingerprint density at radius 3 is 2.23 bits per heavy atom. The highest BCUT2D eigenvalue weighted by Crippen LogP contribution is 2.30. The van der Waals surface area contributed by atoms with Gasteiger partial charge in [0.05, 0.1) is 24.1 Å². The molecule has 0 spiro atoms. The Kier molecular flexibility index (Phi) is 11.3. The number of amides is 2. The quantitative estimate of drug-likeness (QED) is 0.266. The van der Waals surface area contributed by atoms with Gasteiger partial charge in [-0.25, -0.2) is 8.42 Å². The Balaban J connectivity index is 1.72. The van der Waals surface area contributed by atoms with Crippen molar-refractivity contribution in [2.75, 3.05) is 24.2 Å². The molecule has 1 saturated carbocycles. The summed E-state index contributed by atoms with van der Waals surface area (Å²) in [5.74, 6) is -0.430. The molecule has 0 bridgehead atoms. The number of methoxy groups -OCH3 is 1. The molecule has 4 rings (SSSR count). The van der Waals surface area contributed by atoms with Crippen molar-refractivity contribution in [2.45, 2.75) is 57.2 Å². The van der Waals surface area contributed by atoms with Gasteiger partial charge in [0.25, 0.3) is 0 Å². The van der Waals surface area contributed by atoms with E-state index in [9.17, 15) is 18.0 Å². The minimum Gasteiger partial charge on any atom is -0.495 e. The van der Waals surface area contributed by atoms with Gasteiger partial charge in [0, 0.05) is 24.0 Å². The second-order valence-electron chi connectivity index (χ2n) is 10.8. The van der Waals surface area contributed by atoms with Crippen molar-refractivity contribution in [2.24, 2.45) is 0 Å². The molecule has 2 amide bonds. The zero-order valence-electron chi connectivity index (χ0n) is 24.3. The van der Waals surface area contributed by atoms with Crippen LogP contribution in [0.15, 0.2) is 72.8 Å². The maximum Gasteiger partial charge on any atom is 0.244 e. The van der Waals surface area contributed by atoms with Crippen LogP contribution >= 0.6 is 23.2 Å². The maximum atomic E-state index is 14.2. The lowest BCUT2D eigenvalue weighted by Gasteiger charge is -2.35. The first-order valence-corrected chi connectivity index (χ1v) is 16.8. The second-order valence-corrected chi connectivity index (χ2v) is 13.5. The van der Waals surface area contributed by atoms with Crippen LogP contribution in [-0.2, 0) is 32.6 Å². The summed E-state index contributed by atoms with van der Waals surface area (Å²) >= 11 is 12.4. The molecule has 43 heavy (non-hydrogen) atoms. The van der Waals surface area contributed by atoms with Crippen molar-refractivity contribution in [3.8, 4) is 5.75 Å². The molecule has 1 aliphatic carbocycles. The minimum atomic E-state index is -3.92. The third kappa shape index (κ3) is 9.11. The molecular formula is C32H37Cl2N3O5S. The Labute approximate surface area is 264 Å². The summed E-state index contributed by atoms with van der Waals surface area (Å²) in [5.41, 5.74) is 1.83. The summed E-state index contributed by atoms with van der Waals surface area (Å²) in [7, 11) is -2.46. The number of ether oxygens (including phenoxy) is 1. The Morgan fingerprint density at radius 2 is 1.63 bits per heavy atom. The lowest BCUT2D eigenvalue weighted by atomic mass is 9.94. The fourth-order valence-corrected chi connectivity index (χ4v) is 6.53. The topological polar surface area (TPSA) is 96.0 Å². The predicted octanol–water partition coefficient (Wildman–Crippen LogP) is 5.86. The highest BCUT2D eigenvalue weighted by molar-refractivity contribution is 7.92. The molecule has 8 nitrogen and oxygen atoms in total. The predicted molar refractivity (Wildman–Crippen MR) is 171 cm³/mol. The highest BCUT2D eigenvalue weighted by Gasteiger charge is 2.34. The van der Waals surface area contributed by atoms with Gasteiger partial charge in [-0.05, 0) is 54.3 Å².